The summed E-state index contributed by atoms with van der Waals surface area (Å²) in [7, 11) is -0.111. The number of hydrogen-bond acceptors (Lipinski definition) is 12. The van der Waals surface area contributed by atoms with E-state index < -0.39 is 103 Å². The van der Waals surface area contributed by atoms with Gasteiger partial charge >= 0.3 is 47.8 Å². The number of nitrogens with zero attached hydrogens (tertiary/aromatic N) is 2. The summed E-state index contributed by atoms with van der Waals surface area (Å²) in [6, 6.07) is 0. The van der Waals surface area contributed by atoms with E-state index >= 15 is 0 Å². The van der Waals surface area contributed by atoms with Crippen LogP contribution >= 0.6 is 21.6 Å². The lowest BCUT2D eigenvalue weighted by Crippen LogP contribution is -2.22. The zero-order chi connectivity index (χ0) is 29.2. The van der Waals surface area contributed by atoms with Crippen LogP contribution in [0.2, 0.25) is 0 Å². The van der Waals surface area contributed by atoms with Crippen molar-refractivity contribution < 1.29 is 79.2 Å². The summed E-state index contributed by atoms with van der Waals surface area (Å²) in [5, 5.41) is 72.9. The Labute approximate surface area is 213 Å². The van der Waals surface area contributed by atoms with Gasteiger partial charge in [-0.15, -0.1) is 0 Å². The predicted octanol–water partition coefficient (Wildman–Crippen LogP) is 0.862. The molecule has 18 nitrogen and oxygen atoms in total. The Morgan fingerprint density at radius 1 is 0.368 bits per heavy atom. The lowest BCUT2D eigenvalue weighted by atomic mass is 10.0. The molecule has 0 saturated carbocycles. The molecule has 0 aromatic carbocycles. The minimum Gasteiger partial charge on any atom is -0.478 e. The van der Waals surface area contributed by atoms with Gasteiger partial charge in [0.1, 0.15) is 32.3 Å². The lowest BCUT2D eigenvalue weighted by Gasteiger charge is -2.14. The molecule has 38 heavy (non-hydrogen) atoms. The van der Waals surface area contributed by atoms with E-state index in [1.165, 1.54) is 0 Å². The first-order valence-electron chi connectivity index (χ1n) is 8.89. The zero-order valence-corrected chi connectivity index (χ0v) is 19.2. The molecule has 0 amide bonds. The molecule has 0 aliphatic heterocycles. The van der Waals surface area contributed by atoms with Crippen molar-refractivity contribution in [2.45, 2.75) is 10.1 Å². The molecule has 8 N–H and O–H groups in total. The number of carbonyl (C=O) groups is 8. The Balaban J connectivity index is 2.94. The second kappa shape index (κ2) is 10.8. The van der Waals surface area contributed by atoms with E-state index in [0.29, 0.717) is 0 Å². The van der Waals surface area contributed by atoms with Crippen LogP contribution in [-0.4, -0.2) is 98.6 Å². The fourth-order valence-corrected chi connectivity index (χ4v) is 5.04. The molecular formula is C18H8N2O16S2. The molecule has 0 saturated heterocycles. The summed E-state index contributed by atoms with van der Waals surface area (Å²) in [4.78, 5) is 99.7. The van der Waals surface area contributed by atoms with Crippen LogP contribution in [0.25, 0.3) is 0 Å². The van der Waals surface area contributed by atoms with E-state index in [9.17, 15) is 79.2 Å². The highest BCUT2D eigenvalue weighted by Gasteiger charge is 2.37. The van der Waals surface area contributed by atoms with Crippen LogP contribution in [0, 0.1) is 0 Å². The molecule has 0 aliphatic rings. The van der Waals surface area contributed by atoms with Crippen molar-refractivity contribution in [3.63, 3.8) is 0 Å². The standard InChI is InChI=1S/C18H8N2O16S2/c21-11(22)1-3(13(25)26)7(17(33)34)19-9(5(1)15(29)30)37-38-10-6(16(31)32)2(12(23)24)4(14(27)28)8(20-10)18(35)36/h(H,21,22)(H,23,24)(H,25,26)(H,27,28)(H,29,30)(H,31,32)(H,33,34)(H,35,36). The van der Waals surface area contributed by atoms with Crippen molar-refractivity contribution in [3.8, 4) is 0 Å². The van der Waals surface area contributed by atoms with E-state index in [4.69, 9.17) is 0 Å². The minimum atomic E-state index is -2.20. The van der Waals surface area contributed by atoms with Crippen molar-refractivity contribution >= 4 is 69.3 Å². The maximum atomic E-state index is 11.8. The second-order valence-electron chi connectivity index (χ2n) is 6.39. The molecule has 2 heterocycles. The van der Waals surface area contributed by atoms with Crippen LogP contribution in [-0.2, 0) is 0 Å². The molecule has 2 aromatic rings. The minimum absolute atomic E-state index is 0.0553. The highest BCUT2D eigenvalue weighted by molar-refractivity contribution is 8.76. The highest BCUT2D eigenvalue weighted by atomic mass is 33.1. The monoisotopic (exact) mass is 572 g/mol. The van der Waals surface area contributed by atoms with Gasteiger partial charge in [-0.2, -0.15) is 0 Å². The van der Waals surface area contributed by atoms with Gasteiger partial charge in [0.2, 0.25) is 0 Å². The third kappa shape index (κ3) is 5.29. The summed E-state index contributed by atoms with van der Waals surface area (Å²) >= 11 is 0. The normalized spacial score (nSPS) is 10.4. The predicted molar refractivity (Wildman–Crippen MR) is 116 cm³/mol. The number of pyridine rings is 2. The molecule has 2 rings (SSSR count). The fourth-order valence-electron chi connectivity index (χ4n) is 2.88. The highest BCUT2D eigenvalue weighted by Crippen LogP contribution is 2.42. The van der Waals surface area contributed by atoms with Gasteiger partial charge in [0, 0.05) is 0 Å². The van der Waals surface area contributed by atoms with Crippen LogP contribution in [0.4, 0.5) is 0 Å². The van der Waals surface area contributed by atoms with Gasteiger partial charge in [0.05, 0.1) is 11.1 Å². The molecule has 0 fully saturated rings. The third-order valence-electron chi connectivity index (χ3n) is 4.22. The first-order valence-corrected chi connectivity index (χ1v) is 11.0. The smallest absolute Gasteiger partial charge is 0.355 e. The van der Waals surface area contributed by atoms with Gasteiger partial charge in [-0.05, 0) is 21.6 Å². The van der Waals surface area contributed by atoms with E-state index in [0.717, 1.165) is 0 Å². The molecule has 0 unspecified atom stereocenters. The number of carboxylic acids is 8. The fraction of sp³-hybridized carbons (Fsp3) is 0. The Morgan fingerprint density at radius 2 is 0.605 bits per heavy atom. The van der Waals surface area contributed by atoms with E-state index in [1.807, 2.05) is 0 Å². The Morgan fingerprint density at radius 3 is 0.789 bits per heavy atom. The number of rotatable bonds is 11. The van der Waals surface area contributed by atoms with Gasteiger partial charge in [-0.3, -0.25) is 0 Å². The van der Waals surface area contributed by atoms with Crippen molar-refractivity contribution in [2.75, 3.05) is 0 Å². The van der Waals surface area contributed by atoms with Crippen LogP contribution < -0.4 is 0 Å². The molecule has 0 radical (unpaired) electrons. The number of hydrogen-bond donors (Lipinski definition) is 8. The molecule has 0 atom stereocenters. The van der Waals surface area contributed by atoms with Crippen molar-refractivity contribution in [3.05, 3.63) is 44.8 Å². The largest absolute Gasteiger partial charge is 0.478 e. The summed E-state index contributed by atoms with van der Waals surface area (Å²) < 4.78 is 0. The molecular weight excluding hydrogens is 564 g/mol. The topological polar surface area (TPSA) is 324 Å². The second-order valence-corrected chi connectivity index (χ2v) is 8.50. The SMILES string of the molecule is O=C(O)c1nc(SSc2nc(C(=O)O)c(C(=O)O)c(C(=O)O)c2C(=O)O)c(C(=O)O)c(C(=O)O)c1C(=O)O. The average molecular weight is 572 g/mol. The van der Waals surface area contributed by atoms with E-state index in [2.05, 4.69) is 9.97 Å². The van der Waals surface area contributed by atoms with Crippen LogP contribution in [0.3, 0.4) is 0 Å². The van der Waals surface area contributed by atoms with Crippen molar-refractivity contribution in [2.24, 2.45) is 0 Å². The van der Waals surface area contributed by atoms with Crippen LogP contribution in [0.15, 0.2) is 10.1 Å². The Hall–Kier alpha value is -5.24. The first-order chi connectivity index (χ1) is 17.5. The zero-order valence-electron chi connectivity index (χ0n) is 17.6. The molecule has 198 valence electrons. The van der Waals surface area contributed by atoms with Crippen molar-refractivity contribution in [1.82, 2.24) is 9.97 Å². The van der Waals surface area contributed by atoms with Gasteiger partial charge < -0.3 is 40.9 Å². The molecule has 0 spiro atoms. The van der Waals surface area contributed by atoms with Gasteiger partial charge in [0.25, 0.3) is 0 Å². The first kappa shape index (κ1) is 29.0. The Kier molecular flexibility index (Phi) is 8.24. The molecule has 2 aromatic heterocycles. The third-order valence-corrected chi connectivity index (χ3v) is 6.40. The summed E-state index contributed by atoms with van der Waals surface area (Å²) in [5.74, 6) is -17.2. The van der Waals surface area contributed by atoms with E-state index in [1.54, 1.807) is 0 Å². The quantitative estimate of drug-likeness (QED) is 0.173. The van der Waals surface area contributed by atoms with Gasteiger partial charge in [0.15, 0.2) is 11.4 Å². The van der Waals surface area contributed by atoms with Crippen LogP contribution in [0.1, 0.15) is 83.1 Å². The molecule has 0 aliphatic carbocycles. The maximum Gasteiger partial charge on any atom is 0.355 e. The maximum absolute atomic E-state index is 11.8. The Bertz CT molecular complexity index is 1390. The van der Waals surface area contributed by atoms with Gasteiger partial charge in [-0.1, -0.05) is 0 Å². The van der Waals surface area contributed by atoms with Crippen molar-refractivity contribution in [1.29, 1.82) is 0 Å². The molecule has 0 bridgehead atoms. The lowest BCUT2D eigenvalue weighted by molar-refractivity contribution is 0.0612. The summed E-state index contributed by atoms with van der Waals surface area (Å²) in [5.41, 5.74) is -11.7. The summed E-state index contributed by atoms with van der Waals surface area (Å²) in [6.45, 7) is 0. The number of carboxylic acid groups (broad SMARTS) is 8. The van der Waals surface area contributed by atoms with E-state index in [-0.39, 0.29) is 21.6 Å². The number of aromatic nitrogens is 2. The molecule has 20 heteroatoms. The van der Waals surface area contributed by atoms with Gasteiger partial charge in [-0.25, -0.2) is 48.3 Å². The van der Waals surface area contributed by atoms with Crippen LogP contribution in [0.5, 0.6) is 0 Å². The summed E-state index contributed by atoms with van der Waals surface area (Å²) in [6.07, 6.45) is 0. The average Bonchev–Trinajstić information content (AvgIpc) is 2.79. The number of aromatic carboxylic acids is 8.